The van der Waals surface area contributed by atoms with Crippen molar-refractivity contribution < 1.29 is 19.0 Å². The van der Waals surface area contributed by atoms with Crippen LogP contribution in [0, 0.1) is 0 Å². The van der Waals surface area contributed by atoms with Gasteiger partial charge in [-0.1, -0.05) is 36.4 Å². The lowest BCUT2D eigenvalue weighted by atomic mass is 10.2. The molecule has 1 amide bonds. The Bertz CT molecular complexity index is 1010. The molecule has 0 heterocycles. The number of hydrogen-bond donors (Lipinski definition) is 2. The Balaban J connectivity index is 1.49. The number of amides is 1. The lowest BCUT2D eigenvalue weighted by Crippen LogP contribution is -2.34. The Hall–Kier alpha value is -3.58. The second-order valence-corrected chi connectivity index (χ2v) is 6.78. The maximum atomic E-state index is 12.5. The van der Waals surface area contributed by atoms with Gasteiger partial charge in [-0.25, -0.2) is 0 Å². The number of thiocarbonyl (C=S) groups is 1. The minimum absolute atomic E-state index is 0.181. The van der Waals surface area contributed by atoms with E-state index in [0.717, 1.165) is 5.75 Å². The zero-order valence-electron chi connectivity index (χ0n) is 17.2. The highest BCUT2D eigenvalue weighted by molar-refractivity contribution is 7.80. The van der Waals surface area contributed by atoms with E-state index in [9.17, 15) is 4.79 Å². The van der Waals surface area contributed by atoms with Crippen LogP contribution in [0.3, 0.4) is 0 Å². The first-order chi connectivity index (χ1) is 15.2. The normalized spacial score (nSPS) is 10.1. The summed E-state index contributed by atoms with van der Waals surface area (Å²) >= 11 is 5.28. The topological polar surface area (TPSA) is 68.8 Å². The predicted molar refractivity (Wildman–Crippen MR) is 125 cm³/mol. The van der Waals surface area contributed by atoms with Crippen molar-refractivity contribution in [1.29, 1.82) is 0 Å². The molecule has 0 aliphatic heterocycles. The van der Waals surface area contributed by atoms with E-state index in [1.165, 1.54) is 0 Å². The molecular weight excluding hydrogens is 412 g/mol. The fourth-order valence-corrected chi connectivity index (χ4v) is 2.98. The Kier molecular flexibility index (Phi) is 8.25. The molecule has 6 nitrogen and oxygen atoms in total. The van der Waals surface area contributed by atoms with Gasteiger partial charge in [0, 0.05) is 11.8 Å². The number of benzene rings is 3. The summed E-state index contributed by atoms with van der Waals surface area (Å²) < 4.78 is 16.8. The highest BCUT2D eigenvalue weighted by atomic mass is 32.1. The number of rotatable bonds is 9. The maximum absolute atomic E-state index is 12.5. The molecule has 31 heavy (non-hydrogen) atoms. The molecule has 7 heteroatoms. The Morgan fingerprint density at radius 3 is 2.29 bits per heavy atom. The van der Waals surface area contributed by atoms with Crippen LogP contribution in [0.25, 0.3) is 0 Å². The fraction of sp³-hybridized carbons (Fsp3) is 0.167. The molecule has 0 spiro atoms. The molecule has 0 saturated heterocycles. The first-order valence-corrected chi connectivity index (χ1v) is 10.3. The minimum Gasteiger partial charge on any atom is -0.493 e. The van der Waals surface area contributed by atoms with Crippen LogP contribution in [0.2, 0.25) is 0 Å². The van der Waals surface area contributed by atoms with Crippen LogP contribution in [0.4, 0.5) is 5.69 Å². The van der Waals surface area contributed by atoms with Gasteiger partial charge in [-0.2, -0.15) is 0 Å². The van der Waals surface area contributed by atoms with Crippen LogP contribution < -0.4 is 24.8 Å². The van der Waals surface area contributed by atoms with E-state index in [1.54, 1.807) is 24.3 Å². The number of ether oxygens (including phenoxy) is 3. The quantitative estimate of drug-likeness (QED) is 0.375. The van der Waals surface area contributed by atoms with Crippen molar-refractivity contribution in [3.05, 3.63) is 84.4 Å². The summed E-state index contributed by atoms with van der Waals surface area (Å²) in [6.45, 7) is 3.16. The Morgan fingerprint density at radius 1 is 0.839 bits per heavy atom. The predicted octanol–water partition coefficient (Wildman–Crippen LogP) is 4.67. The van der Waals surface area contributed by atoms with Crippen LogP contribution in [0.15, 0.2) is 78.9 Å². The van der Waals surface area contributed by atoms with Crippen molar-refractivity contribution >= 4 is 28.9 Å². The van der Waals surface area contributed by atoms with Gasteiger partial charge in [-0.3, -0.25) is 10.1 Å². The lowest BCUT2D eigenvalue weighted by Gasteiger charge is -2.13. The average Bonchev–Trinajstić information content (AvgIpc) is 2.78. The van der Waals surface area contributed by atoms with Crippen LogP contribution in [0.5, 0.6) is 17.2 Å². The van der Waals surface area contributed by atoms with Crippen molar-refractivity contribution in [1.82, 2.24) is 5.32 Å². The van der Waals surface area contributed by atoms with E-state index in [2.05, 4.69) is 10.6 Å². The maximum Gasteiger partial charge on any atom is 0.261 e. The highest BCUT2D eigenvalue weighted by Crippen LogP contribution is 2.19. The zero-order chi connectivity index (χ0) is 21.9. The third-order valence-corrected chi connectivity index (χ3v) is 4.32. The lowest BCUT2D eigenvalue weighted by molar-refractivity contribution is 0.0974. The summed E-state index contributed by atoms with van der Waals surface area (Å²) in [5.74, 6) is 1.64. The van der Waals surface area contributed by atoms with Gasteiger partial charge in [0.2, 0.25) is 0 Å². The Labute approximate surface area is 187 Å². The molecule has 0 aliphatic carbocycles. The number of nitrogens with one attached hydrogen (secondary N) is 2. The van der Waals surface area contributed by atoms with Gasteiger partial charge in [0.1, 0.15) is 30.5 Å². The molecule has 0 unspecified atom stereocenters. The van der Waals surface area contributed by atoms with Gasteiger partial charge in [-0.15, -0.1) is 0 Å². The molecule has 0 atom stereocenters. The van der Waals surface area contributed by atoms with E-state index in [-0.39, 0.29) is 11.0 Å². The molecule has 0 aromatic heterocycles. The molecule has 0 radical (unpaired) electrons. The molecule has 0 saturated carbocycles. The molecule has 3 aromatic rings. The number of para-hydroxylation sites is 2. The molecule has 3 rings (SSSR count). The average molecular weight is 437 g/mol. The monoisotopic (exact) mass is 436 g/mol. The summed E-state index contributed by atoms with van der Waals surface area (Å²) in [4.78, 5) is 12.5. The number of anilines is 1. The Morgan fingerprint density at radius 2 is 1.52 bits per heavy atom. The SMILES string of the molecule is CCOc1ccccc1C(=O)NC(=S)Nc1cccc(OCCOc2ccccc2)c1. The van der Waals surface area contributed by atoms with Gasteiger partial charge in [0.05, 0.1) is 12.2 Å². The summed E-state index contributed by atoms with van der Waals surface area (Å²) in [6.07, 6.45) is 0. The van der Waals surface area contributed by atoms with Gasteiger partial charge in [0.15, 0.2) is 5.11 Å². The second-order valence-electron chi connectivity index (χ2n) is 6.38. The largest absolute Gasteiger partial charge is 0.493 e. The molecule has 2 N–H and O–H groups in total. The van der Waals surface area contributed by atoms with E-state index in [1.807, 2.05) is 61.5 Å². The molecule has 160 valence electrons. The molecule has 0 bridgehead atoms. The first-order valence-electron chi connectivity index (χ1n) is 9.90. The van der Waals surface area contributed by atoms with Crippen LogP contribution in [-0.4, -0.2) is 30.8 Å². The minimum atomic E-state index is -0.341. The van der Waals surface area contributed by atoms with Crippen LogP contribution in [-0.2, 0) is 0 Å². The standard InChI is InChI=1S/C24H24N2O4S/c1-2-28-22-14-7-6-13-21(22)23(27)26-24(31)25-18-9-8-12-20(17-18)30-16-15-29-19-10-4-3-5-11-19/h3-14,17H,2,15-16H2,1H3,(H2,25,26,27,31). The zero-order valence-corrected chi connectivity index (χ0v) is 18.0. The van der Waals surface area contributed by atoms with Crippen molar-refractivity contribution in [3.63, 3.8) is 0 Å². The number of carbonyl (C=O) groups is 1. The van der Waals surface area contributed by atoms with E-state index < -0.39 is 0 Å². The van der Waals surface area contributed by atoms with Crippen molar-refractivity contribution in [3.8, 4) is 17.2 Å². The fourth-order valence-electron chi connectivity index (χ4n) is 2.77. The summed E-state index contributed by atoms with van der Waals surface area (Å²) in [5, 5.41) is 5.85. The van der Waals surface area contributed by atoms with Gasteiger partial charge < -0.3 is 19.5 Å². The third kappa shape index (κ3) is 7.01. The molecule has 0 fully saturated rings. The van der Waals surface area contributed by atoms with E-state index in [0.29, 0.717) is 42.6 Å². The van der Waals surface area contributed by atoms with Crippen LogP contribution >= 0.6 is 12.2 Å². The van der Waals surface area contributed by atoms with Crippen molar-refractivity contribution in [2.45, 2.75) is 6.92 Å². The first kappa shape index (κ1) is 22.1. The van der Waals surface area contributed by atoms with E-state index >= 15 is 0 Å². The smallest absolute Gasteiger partial charge is 0.261 e. The molecule has 0 aliphatic rings. The van der Waals surface area contributed by atoms with Gasteiger partial charge in [-0.05, 0) is 55.5 Å². The van der Waals surface area contributed by atoms with Crippen LogP contribution in [0.1, 0.15) is 17.3 Å². The van der Waals surface area contributed by atoms with Crippen molar-refractivity contribution in [2.75, 3.05) is 25.1 Å². The van der Waals surface area contributed by atoms with Gasteiger partial charge >= 0.3 is 0 Å². The number of carbonyl (C=O) groups excluding carboxylic acids is 1. The molecule has 3 aromatic carbocycles. The number of hydrogen-bond acceptors (Lipinski definition) is 5. The summed E-state index contributed by atoms with van der Waals surface area (Å²) in [7, 11) is 0. The van der Waals surface area contributed by atoms with Gasteiger partial charge in [0.25, 0.3) is 5.91 Å². The third-order valence-electron chi connectivity index (χ3n) is 4.11. The highest BCUT2D eigenvalue weighted by Gasteiger charge is 2.13. The summed E-state index contributed by atoms with van der Waals surface area (Å²) in [6, 6.07) is 23.9. The molecular formula is C24H24N2O4S. The second kappa shape index (κ2) is 11.6. The van der Waals surface area contributed by atoms with Crippen molar-refractivity contribution in [2.24, 2.45) is 0 Å². The van der Waals surface area contributed by atoms with E-state index in [4.69, 9.17) is 26.4 Å². The summed E-state index contributed by atoms with van der Waals surface area (Å²) in [5.41, 5.74) is 1.12.